The van der Waals surface area contributed by atoms with Crippen LogP contribution in [0.25, 0.3) is 0 Å². The molecule has 0 bridgehead atoms. The van der Waals surface area contributed by atoms with Gasteiger partial charge in [-0.05, 0) is 70.4 Å². The minimum Gasteiger partial charge on any atom is -0.302 e. The standard InChI is InChI=1S/C25H37N3/c1-6-11-25(23-12-9-10-13-24(23)26-4)27-18-19-28(5)22-16-14-21(15-17-22)20(7-2)8-3/h7-10,12-13,21-22H,2,4,6,11,14-19H2,1,3,5H3/b20-8+,27-25?. The summed E-state index contributed by atoms with van der Waals surface area (Å²) in [5, 5.41) is 0. The van der Waals surface area contributed by atoms with E-state index in [-0.39, 0.29) is 0 Å². The summed E-state index contributed by atoms with van der Waals surface area (Å²) in [6, 6.07) is 8.86. The second kappa shape index (κ2) is 11.8. The van der Waals surface area contributed by atoms with E-state index < -0.39 is 0 Å². The number of rotatable bonds is 10. The Morgan fingerprint density at radius 3 is 2.54 bits per heavy atom. The molecule has 0 radical (unpaired) electrons. The fourth-order valence-corrected chi connectivity index (χ4v) is 4.29. The number of allylic oxidation sites excluding steroid dienone is 3. The zero-order chi connectivity index (χ0) is 20.4. The van der Waals surface area contributed by atoms with Crippen molar-refractivity contribution < 1.29 is 0 Å². The summed E-state index contributed by atoms with van der Waals surface area (Å²) in [6.07, 6.45) is 11.4. The van der Waals surface area contributed by atoms with Gasteiger partial charge in [0.05, 0.1) is 12.2 Å². The van der Waals surface area contributed by atoms with Crippen molar-refractivity contribution in [1.29, 1.82) is 0 Å². The summed E-state index contributed by atoms with van der Waals surface area (Å²) in [7, 11) is 2.25. The minimum absolute atomic E-state index is 0.672. The Morgan fingerprint density at radius 1 is 1.21 bits per heavy atom. The molecule has 1 fully saturated rings. The Morgan fingerprint density at radius 2 is 1.93 bits per heavy atom. The predicted molar refractivity (Wildman–Crippen MR) is 124 cm³/mol. The van der Waals surface area contributed by atoms with Gasteiger partial charge in [0.15, 0.2) is 0 Å². The van der Waals surface area contributed by atoms with Crippen molar-refractivity contribution >= 4 is 18.1 Å². The molecule has 0 aliphatic heterocycles. The van der Waals surface area contributed by atoms with Crippen LogP contribution in [0, 0.1) is 5.92 Å². The van der Waals surface area contributed by atoms with Gasteiger partial charge in [-0.3, -0.25) is 9.98 Å². The molecule has 28 heavy (non-hydrogen) atoms. The van der Waals surface area contributed by atoms with E-state index in [2.05, 4.69) is 62.3 Å². The Labute approximate surface area is 172 Å². The number of hydrogen-bond donors (Lipinski definition) is 0. The molecule has 0 amide bonds. The largest absolute Gasteiger partial charge is 0.302 e. The lowest BCUT2D eigenvalue weighted by molar-refractivity contribution is 0.179. The molecule has 0 atom stereocenters. The van der Waals surface area contributed by atoms with Crippen molar-refractivity contribution in [2.75, 3.05) is 20.1 Å². The van der Waals surface area contributed by atoms with Crippen molar-refractivity contribution in [1.82, 2.24) is 4.90 Å². The second-order valence-electron chi connectivity index (χ2n) is 7.73. The fraction of sp³-hybridized carbons (Fsp3) is 0.520. The van der Waals surface area contributed by atoms with Gasteiger partial charge in [-0.2, -0.15) is 0 Å². The number of benzene rings is 1. The lowest BCUT2D eigenvalue weighted by atomic mass is 9.81. The SMILES string of the molecule is C=C/C(=C\C)C1CCC(N(C)CCN=C(CCC)c2ccccc2N=C)CC1. The van der Waals surface area contributed by atoms with Crippen molar-refractivity contribution in [3.8, 4) is 0 Å². The molecule has 1 aliphatic rings. The Balaban J connectivity index is 1.93. The third kappa shape index (κ3) is 6.00. The van der Waals surface area contributed by atoms with Crippen LogP contribution >= 0.6 is 0 Å². The van der Waals surface area contributed by atoms with E-state index >= 15 is 0 Å². The average Bonchev–Trinajstić information content (AvgIpc) is 2.74. The molecule has 3 nitrogen and oxygen atoms in total. The van der Waals surface area contributed by atoms with Crippen LogP contribution in [0.15, 0.2) is 58.6 Å². The first-order valence-electron chi connectivity index (χ1n) is 10.7. The summed E-state index contributed by atoms with van der Waals surface area (Å²) >= 11 is 0. The van der Waals surface area contributed by atoms with E-state index in [4.69, 9.17) is 4.99 Å². The predicted octanol–water partition coefficient (Wildman–Crippen LogP) is 6.23. The summed E-state index contributed by atoms with van der Waals surface area (Å²) in [5.74, 6) is 0.698. The van der Waals surface area contributed by atoms with Crippen LogP contribution in [-0.4, -0.2) is 43.5 Å². The quantitative estimate of drug-likeness (QED) is 0.350. The topological polar surface area (TPSA) is 28.0 Å². The van der Waals surface area contributed by atoms with Crippen LogP contribution in [0.2, 0.25) is 0 Å². The van der Waals surface area contributed by atoms with Crippen LogP contribution in [0.3, 0.4) is 0 Å². The van der Waals surface area contributed by atoms with Gasteiger partial charge in [0.1, 0.15) is 0 Å². The average molecular weight is 380 g/mol. The molecule has 0 saturated heterocycles. The van der Waals surface area contributed by atoms with E-state index in [9.17, 15) is 0 Å². The van der Waals surface area contributed by atoms with Gasteiger partial charge in [0, 0.05) is 23.9 Å². The van der Waals surface area contributed by atoms with Gasteiger partial charge in [-0.15, -0.1) is 0 Å². The lowest BCUT2D eigenvalue weighted by Gasteiger charge is -2.35. The molecule has 1 aliphatic carbocycles. The van der Waals surface area contributed by atoms with Gasteiger partial charge >= 0.3 is 0 Å². The van der Waals surface area contributed by atoms with Gasteiger partial charge in [-0.25, -0.2) is 0 Å². The Bertz CT molecular complexity index is 693. The van der Waals surface area contributed by atoms with Crippen molar-refractivity contribution in [3.63, 3.8) is 0 Å². The van der Waals surface area contributed by atoms with E-state index in [1.54, 1.807) is 0 Å². The monoisotopic (exact) mass is 379 g/mol. The molecule has 1 saturated carbocycles. The van der Waals surface area contributed by atoms with Crippen molar-refractivity contribution in [2.45, 2.75) is 58.4 Å². The molecule has 0 N–H and O–H groups in total. The summed E-state index contributed by atoms with van der Waals surface area (Å²) in [5.41, 5.74) is 4.64. The summed E-state index contributed by atoms with van der Waals surface area (Å²) < 4.78 is 0. The first-order chi connectivity index (χ1) is 13.6. The van der Waals surface area contributed by atoms with E-state index in [1.807, 2.05) is 18.2 Å². The molecule has 0 unspecified atom stereocenters. The maximum absolute atomic E-state index is 4.96. The maximum atomic E-state index is 4.96. The van der Waals surface area contributed by atoms with Crippen LogP contribution in [-0.2, 0) is 0 Å². The molecule has 3 heteroatoms. The van der Waals surface area contributed by atoms with Crippen LogP contribution in [0.5, 0.6) is 0 Å². The number of para-hydroxylation sites is 1. The smallest absolute Gasteiger partial charge is 0.0712 e. The number of likely N-dealkylation sites (N-methyl/N-ethyl adjacent to an activating group) is 1. The molecular formula is C25H37N3. The molecule has 0 heterocycles. The highest BCUT2D eigenvalue weighted by atomic mass is 15.1. The van der Waals surface area contributed by atoms with Crippen molar-refractivity contribution in [3.05, 3.63) is 54.1 Å². The van der Waals surface area contributed by atoms with Crippen LogP contribution in [0.1, 0.15) is 57.9 Å². The molecule has 1 aromatic rings. The number of aliphatic imine (C=N–C) groups is 2. The highest BCUT2D eigenvalue weighted by molar-refractivity contribution is 6.04. The van der Waals surface area contributed by atoms with E-state index in [0.29, 0.717) is 12.0 Å². The third-order valence-electron chi connectivity index (χ3n) is 5.99. The normalized spacial score (nSPS) is 21.0. The molecule has 0 spiro atoms. The summed E-state index contributed by atoms with van der Waals surface area (Å²) in [4.78, 5) is 11.6. The van der Waals surface area contributed by atoms with Crippen LogP contribution < -0.4 is 0 Å². The van der Waals surface area contributed by atoms with E-state index in [1.165, 1.54) is 31.3 Å². The van der Waals surface area contributed by atoms with Gasteiger partial charge in [-0.1, -0.05) is 50.3 Å². The maximum Gasteiger partial charge on any atom is 0.0712 e. The number of hydrogen-bond acceptors (Lipinski definition) is 3. The van der Waals surface area contributed by atoms with Gasteiger partial charge in [0.25, 0.3) is 0 Å². The van der Waals surface area contributed by atoms with Crippen molar-refractivity contribution in [2.24, 2.45) is 15.9 Å². The first kappa shape index (κ1) is 22.3. The highest BCUT2D eigenvalue weighted by Crippen LogP contribution is 2.32. The minimum atomic E-state index is 0.672. The van der Waals surface area contributed by atoms with Crippen LogP contribution in [0.4, 0.5) is 5.69 Å². The second-order valence-corrected chi connectivity index (χ2v) is 7.73. The number of nitrogens with zero attached hydrogens (tertiary/aromatic N) is 3. The Hall–Kier alpha value is -2.00. The zero-order valence-corrected chi connectivity index (χ0v) is 18.0. The fourth-order valence-electron chi connectivity index (χ4n) is 4.29. The highest BCUT2D eigenvalue weighted by Gasteiger charge is 2.24. The zero-order valence-electron chi connectivity index (χ0n) is 18.0. The van der Waals surface area contributed by atoms with Gasteiger partial charge in [0.2, 0.25) is 0 Å². The Kier molecular flexibility index (Phi) is 9.36. The molecule has 0 aromatic heterocycles. The molecular weight excluding hydrogens is 342 g/mol. The van der Waals surface area contributed by atoms with E-state index in [0.717, 1.165) is 42.9 Å². The molecule has 1 aromatic carbocycles. The molecule has 2 rings (SSSR count). The first-order valence-corrected chi connectivity index (χ1v) is 10.7. The molecule has 152 valence electrons. The lowest BCUT2D eigenvalue weighted by Crippen LogP contribution is -2.37. The van der Waals surface area contributed by atoms with Gasteiger partial charge < -0.3 is 4.90 Å². The third-order valence-corrected chi connectivity index (χ3v) is 5.99. The summed E-state index contributed by atoms with van der Waals surface area (Å²) in [6.45, 7) is 13.8.